The molecule has 0 aromatic heterocycles. The van der Waals surface area contributed by atoms with Crippen LogP contribution in [0.1, 0.15) is 39.0 Å². The van der Waals surface area contributed by atoms with Crippen molar-refractivity contribution >= 4 is 12.0 Å². The maximum Gasteiger partial charge on any atom is 0.326 e. The normalized spacial score (nSPS) is 33.3. The third-order valence-electron chi connectivity index (χ3n) is 4.96. The van der Waals surface area contributed by atoms with Crippen LogP contribution < -0.4 is 0 Å². The third kappa shape index (κ3) is 2.09. The maximum atomic E-state index is 12.6. The molecule has 1 heterocycles. The van der Waals surface area contributed by atoms with Gasteiger partial charge in [0.25, 0.3) is 0 Å². The van der Waals surface area contributed by atoms with Crippen LogP contribution in [0.15, 0.2) is 0 Å². The standard InChI is InChI=1S/C14H22N2O3/c1-2-15(10-6-7-10)14(19)16-8-9-4-3-5-11(9)12(16)13(17)18/h9-12H,2-8H2,1H3,(H,17,18). The van der Waals surface area contributed by atoms with E-state index in [1.807, 2.05) is 11.8 Å². The molecular formula is C14H22N2O3. The summed E-state index contributed by atoms with van der Waals surface area (Å²) in [5.74, 6) is -0.239. The topological polar surface area (TPSA) is 60.9 Å². The van der Waals surface area contributed by atoms with Crippen molar-refractivity contribution in [1.82, 2.24) is 9.80 Å². The molecule has 19 heavy (non-hydrogen) atoms. The first-order chi connectivity index (χ1) is 9.13. The zero-order valence-corrected chi connectivity index (χ0v) is 11.4. The molecule has 5 heteroatoms. The second kappa shape index (κ2) is 4.69. The van der Waals surface area contributed by atoms with Crippen molar-refractivity contribution in [3.05, 3.63) is 0 Å². The van der Waals surface area contributed by atoms with E-state index in [9.17, 15) is 14.7 Å². The lowest BCUT2D eigenvalue weighted by molar-refractivity contribution is -0.142. The molecule has 3 aliphatic rings. The molecule has 0 aromatic carbocycles. The maximum absolute atomic E-state index is 12.6. The Kier molecular flexibility index (Phi) is 3.15. The van der Waals surface area contributed by atoms with Gasteiger partial charge in [-0.25, -0.2) is 9.59 Å². The number of likely N-dealkylation sites (tertiary alicyclic amines) is 1. The van der Waals surface area contributed by atoms with Gasteiger partial charge in [-0.15, -0.1) is 0 Å². The number of urea groups is 1. The van der Waals surface area contributed by atoms with Gasteiger partial charge in [-0.2, -0.15) is 0 Å². The number of carbonyl (C=O) groups excluding carboxylic acids is 1. The molecule has 3 atom stereocenters. The summed E-state index contributed by atoms with van der Waals surface area (Å²) < 4.78 is 0. The van der Waals surface area contributed by atoms with Crippen molar-refractivity contribution in [2.45, 2.75) is 51.1 Å². The Balaban J connectivity index is 1.78. The van der Waals surface area contributed by atoms with Crippen LogP contribution in [0.4, 0.5) is 4.79 Å². The zero-order chi connectivity index (χ0) is 13.6. The second-order valence-corrected chi connectivity index (χ2v) is 6.09. The highest BCUT2D eigenvalue weighted by Gasteiger charge is 2.51. The van der Waals surface area contributed by atoms with Gasteiger partial charge in [-0.05, 0) is 44.4 Å². The number of nitrogens with zero attached hydrogens (tertiary/aromatic N) is 2. The number of hydrogen-bond donors (Lipinski definition) is 1. The molecule has 0 aromatic rings. The molecule has 3 fully saturated rings. The van der Waals surface area contributed by atoms with Crippen molar-refractivity contribution in [3.63, 3.8) is 0 Å². The summed E-state index contributed by atoms with van der Waals surface area (Å²) >= 11 is 0. The summed E-state index contributed by atoms with van der Waals surface area (Å²) in [4.78, 5) is 27.6. The predicted octanol–water partition coefficient (Wildman–Crippen LogP) is 1.78. The molecule has 0 radical (unpaired) electrons. The molecule has 1 saturated heterocycles. The molecule has 3 unspecified atom stereocenters. The molecule has 5 nitrogen and oxygen atoms in total. The average molecular weight is 266 g/mol. The lowest BCUT2D eigenvalue weighted by atomic mass is 9.94. The van der Waals surface area contributed by atoms with Crippen molar-refractivity contribution in [1.29, 1.82) is 0 Å². The Hall–Kier alpha value is -1.26. The van der Waals surface area contributed by atoms with Gasteiger partial charge in [-0.3, -0.25) is 0 Å². The van der Waals surface area contributed by atoms with E-state index in [2.05, 4.69) is 0 Å². The van der Waals surface area contributed by atoms with Crippen LogP contribution in [-0.4, -0.2) is 52.1 Å². The predicted molar refractivity (Wildman–Crippen MR) is 69.8 cm³/mol. The number of aliphatic carboxylic acids is 1. The van der Waals surface area contributed by atoms with E-state index in [-0.39, 0.29) is 11.9 Å². The summed E-state index contributed by atoms with van der Waals surface area (Å²) in [5.41, 5.74) is 0. The largest absolute Gasteiger partial charge is 0.480 e. The Morgan fingerprint density at radius 3 is 2.58 bits per heavy atom. The van der Waals surface area contributed by atoms with E-state index < -0.39 is 12.0 Å². The number of amides is 2. The summed E-state index contributed by atoms with van der Waals surface area (Å²) in [6.45, 7) is 3.30. The fourth-order valence-electron chi connectivity index (χ4n) is 3.92. The highest BCUT2D eigenvalue weighted by Crippen LogP contribution is 2.43. The quantitative estimate of drug-likeness (QED) is 0.847. The van der Waals surface area contributed by atoms with Crippen molar-refractivity contribution < 1.29 is 14.7 Å². The van der Waals surface area contributed by atoms with Crippen LogP contribution in [0.2, 0.25) is 0 Å². The zero-order valence-electron chi connectivity index (χ0n) is 11.4. The van der Waals surface area contributed by atoms with Gasteiger partial charge in [0, 0.05) is 19.1 Å². The van der Waals surface area contributed by atoms with E-state index in [1.54, 1.807) is 4.90 Å². The summed E-state index contributed by atoms with van der Waals surface area (Å²) in [5, 5.41) is 9.48. The Labute approximate surface area is 113 Å². The Morgan fingerprint density at radius 2 is 2.00 bits per heavy atom. The first-order valence-corrected chi connectivity index (χ1v) is 7.43. The highest BCUT2D eigenvalue weighted by molar-refractivity contribution is 5.84. The number of rotatable bonds is 3. The Morgan fingerprint density at radius 1 is 1.26 bits per heavy atom. The van der Waals surface area contributed by atoms with Gasteiger partial charge in [-0.1, -0.05) is 6.42 Å². The van der Waals surface area contributed by atoms with E-state index in [0.29, 0.717) is 25.0 Å². The minimum atomic E-state index is -0.824. The van der Waals surface area contributed by atoms with Crippen LogP contribution in [0.5, 0.6) is 0 Å². The molecule has 1 N–H and O–H groups in total. The van der Waals surface area contributed by atoms with Crippen LogP contribution in [0, 0.1) is 11.8 Å². The van der Waals surface area contributed by atoms with Gasteiger partial charge in [0.1, 0.15) is 6.04 Å². The molecular weight excluding hydrogens is 244 g/mol. The SMILES string of the molecule is CCN(C(=O)N1CC2CCCC2C1C(=O)O)C1CC1. The van der Waals surface area contributed by atoms with Gasteiger partial charge in [0.05, 0.1) is 0 Å². The molecule has 106 valence electrons. The number of hydrogen-bond acceptors (Lipinski definition) is 2. The summed E-state index contributed by atoms with van der Waals surface area (Å²) in [6, 6.07) is -0.285. The second-order valence-electron chi connectivity index (χ2n) is 6.09. The molecule has 2 saturated carbocycles. The summed E-state index contributed by atoms with van der Waals surface area (Å²) in [7, 11) is 0. The van der Waals surface area contributed by atoms with Crippen LogP contribution >= 0.6 is 0 Å². The molecule has 3 rings (SSSR count). The van der Waals surface area contributed by atoms with Crippen molar-refractivity contribution in [2.75, 3.05) is 13.1 Å². The fraction of sp³-hybridized carbons (Fsp3) is 0.857. The monoisotopic (exact) mass is 266 g/mol. The first kappa shape index (κ1) is 12.8. The smallest absolute Gasteiger partial charge is 0.326 e. The average Bonchev–Trinajstić information content (AvgIpc) is 2.98. The molecule has 2 aliphatic carbocycles. The van der Waals surface area contributed by atoms with Gasteiger partial charge in [0.2, 0.25) is 0 Å². The van der Waals surface area contributed by atoms with Crippen LogP contribution in [-0.2, 0) is 4.79 Å². The minimum Gasteiger partial charge on any atom is -0.480 e. The van der Waals surface area contributed by atoms with E-state index in [0.717, 1.165) is 32.1 Å². The van der Waals surface area contributed by atoms with Crippen LogP contribution in [0.25, 0.3) is 0 Å². The lowest BCUT2D eigenvalue weighted by Crippen LogP contribution is -2.50. The lowest BCUT2D eigenvalue weighted by Gasteiger charge is -2.31. The Bertz CT molecular complexity index is 394. The summed E-state index contributed by atoms with van der Waals surface area (Å²) in [6.07, 6.45) is 5.28. The van der Waals surface area contributed by atoms with Crippen molar-refractivity contribution in [3.8, 4) is 0 Å². The van der Waals surface area contributed by atoms with E-state index in [1.165, 1.54) is 0 Å². The number of carbonyl (C=O) groups is 2. The molecule has 0 spiro atoms. The minimum absolute atomic E-state index is 0.0493. The van der Waals surface area contributed by atoms with Crippen LogP contribution in [0.3, 0.4) is 0 Å². The molecule has 1 aliphatic heterocycles. The molecule has 2 amide bonds. The third-order valence-corrected chi connectivity index (χ3v) is 4.96. The fourth-order valence-corrected chi connectivity index (χ4v) is 3.92. The van der Waals surface area contributed by atoms with Gasteiger partial charge in [0.15, 0.2) is 0 Å². The van der Waals surface area contributed by atoms with Crippen molar-refractivity contribution in [2.24, 2.45) is 11.8 Å². The number of fused-ring (bicyclic) bond motifs is 1. The van der Waals surface area contributed by atoms with E-state index >= 15 is 0 Å². The number of carboxylic acids is 1. The highest BCUT2D eigenvalue weighted by atomic mass is 16.4. The molecule has 0 bridgehead atoms. The first-order valence-electron chi connectivity index (χ1n) is 7.43. The number of carboxylic acid groups (broad SMARTS) is 1. The van der Waals surface area contributed by atoms with Gasteiger partial charge < -0.3 is 14.9 Å². The van der Waals surface area contributed by atoms with E-state index in [4.69, 9.17) is 0 Å². The van der Waals surface area contributed by atoms with Gasteiger partial charge >= 0.3 is 12.0 Å².